The SMILES string of the molecule is CCOc1ccccc1C(=O)N1CCC(CC)CC1CN. The zero-order chi connectivity index (χ0) is 15.2. The van der Waals surface area contributed by atoms with Crippen molar-refractivity contribution in [2.45, 2.75) is 39.2 Å². The lowest BCUT2D eigenvalue weighted by Gasteiger charge is -2.39. The first-order chi connectivity index (χ1) is 10.2. The molecule has 4 heteroatoms. The minimum Gasteiger partial charge on any atom is -0.493 e. The van der Waals surface area contributed by atoms with E-state index < -0.39 is 0 Å². The molecule has 1 fully saturated rings. The normalized spacial score (nSPS) is 22.1. The summed E-state index contributed by atoms with van der Waals surface area (Å²) in [6.07, 6.45) is 3.24. The Balaban J connectivity index is 2.19. The van der Waals surface area contributed by atoms with E-state index in [1.165, 1.54) is 0 Å². The molecule has 1 amide bonds. The first-order valence-electron chi connectivity index (χ1n) is 7.94. The number of carbonyl (C=O) groups excluding carboxylic acids is 1. The van der Waals surface area contributed by atoms with Gasteiger partial charge in [-0.3, -0.25) is 4.79 Å². The van der Waals surface area contributed by atoms with E-state index in [4.69, 9.17) is 10.5 Å². The molecule has 21 heavy (non-hydrogen) atoms. The van der Waals surface area contributed by atoms with Crippen LogP contribution in [-0.4, -0.2) is 36.5 Å². The van der Waals surface area contributed by atoms with Crippen LogP contribution in [0, 0.1) is 5.92 Å². The minimum atomic E-state index is 0.0454. The number of hydrogen-bond acceptors (Lipinski definition) is 3. The second kappa shape index (κ2) is 7.46. The number of para-hydroxylation sites is 1. The van der Waals surface area contributed by atoms with Crippen LogP contribution in [0.2, 0.25) is 0 Å². The van der Waals surface area contributed by atoms with Crippen LogP contribution in [0.25, 0.3) is 0 Å². The van der Waals surface area contributed by atoms with E-state index in [0.717, 1.165) is 25.8 Å². The minimum absolute atomic E-state index is 0.0454. The van der Waals surface area contributed by atoms with Gasteiger partial charge in [0.15, 0.2) is 0 Å². The zero-order valence-electron chi connectivity index (χ0n) is 13.0. The van der Waals surface area contributed by atoms with Gasteiger partial charge in [-0.25, -0.2) is 0 Å². The molecular formula is C17H26N2O2. The molecule has 4 nitrogen and oxygen atoms in total. The van der Waals surface area contributed by atoms with Crippen LogP contribution in [0.5, 0.6) is 5.75 Å². The van der Waals surface area contributed by atoms with Crippen molar-refractivity contribution < 1.29 is 9.53 Å². The van der Waals surface area contributed by atoms with Crippen LogP contribution in [0.1, 0.15) is 43.5 Å². The van der Waals surface area contributed by atoms with Crippen molar-refractivity contribution in [1.82, 2.24) is 4.90 Å². The molecule has 1 aromatic rings. The molecule has 0 spiro atoms. The van der Waals surface area contributed by atoms with Crippen LogP contribution in [0.4, 0.5) is 0 Å². The summed E-state index contributed by atoms with van der Waals surface area (Å²) in [5.74, 6) is 1.40. The molecule has 0 aliphatic carbocycles. The fraction of sp³-hybridized carbons (Fsp3) is 0.588. The first-order valence-corrected chi connectivity index (χ1v) is 7.94. The molecule has 1 saturated heterocycles. The number of nitrogens with two attached hydrogens (primary N) is 1. The van der Waals surface area contributed by atoms with Crippen molar-refractivity contribution in [3.05, 3.63) is 29.8 Å². The van der Waals surface area contributed by atoms with Crippen molar-refractivity contribution >= 4 is 5.91 Å². The maximum absolute atomic E-state index is 12.9. The highest BCUT2D eigenvalue weighted by molar-refractivity contribution is 5.97. The second-order valence-electron chi connectivity index (χ2n) is 5.62. The fourth-order valence-electron chi connectivity index (χ4n) is 3.08. The number of likely N-dealkylation sites (tertiary alicyclic amines) is 1. The quantitative estimate of drug-likeness (QED) is 0.907. The van der Waals surface area contributed by atoms with E-state index in [-0.39, 0.29) is 11.9 Å². The maximum atomic E-state index is 12.9. The molecule has 1 heterocycles. The largest absolute Gasteiger partial charge is 0.493 e. The Morgan fingerprint density at radius 3 is 2.81 bits per heavy atom. The fourth-order valence-corrected chi connectivity index (χ4v) is 3.08. The average molecular weight is 290 g/mol. The summed E-state index contributed by atoms with van der Waals surface area (Å²) in [6, 6.07) is 7.61. The van der Waals surface area contributed by atoms with Gasteiger partial charge in [-0.15, -0.1) is 0 Å². The summed E-state index contributed by atoms with van der Waals surface area (Å²) in [5.41, 5.74) is 6.54. The van der Waals surface area contributed by atoms with Gasteiger partial charge in [0.2, 0.25) is 0 Å². The number of nitrogens with zero attached hydrogens (tertiary/aromatic N) is 1. The lowest BCUT2D eigenvalue weighted by molar-refractivity contribution is 0.0554. The molecule has 2 N–H and O–H groups in total. The number of hydrogen-bond donors (Lipinski definition) is 1. The lowest BCUT2D eigenvalue weighted by Crippen LogP contribution is -2.49. The molecule has 1 aromatic carbocycles. The monoisotopic (exact) mass is 290 g/mol. The van der Waals surface area contributed by atoms with Crippen LogP contribution in [0.3, 0.4) is 0 Å². The van der Waals surface area contributed by atoms with Gasteiger partial charge in [-0.2, -0.15) is 0 Å². The molecule has 2 rings (SSSR count). The molecule has 0 bridgehead atoms. The van der Waals surface area contributed by atoms with Gasteiger partial charge in [0.25, 0.3) is 5.91 Å². The predicted octanol–water partition coefficient (Wildman–Crippen LogP) is 2.67. The van der Waals surface area contributed by atoms with Gasteiger partial charge >= 0.3 is 0 Å². The second-order valence-corrected chi connectivity index (χ2v) is 5.62. The number of piperidine rings is 1. The van der Waals surface area contributed by atoms with Gasteiger partial charge in [-0.05, 0) is 37.8 Å². The van der Waals surface area contributed by atoms with Crippen molar-refractivity contribution in [2.75, 3.05) is 19.7 Å². The van der Waals surface area contributed by atoms with Crippen LogP contribution < -0.4 is 10.5 Å². The van der Waals surface area contributed by atoms with E-state index in [0.29, 0.717) is 30.4 Å². The molecule has 0 aromatic heterocycles. The molecule has 1 aliphatic rings. The van der Waals surface area contributed by atoms with E-state index in [2.05, 4.69) is 6.92 Å². The molecule has 1 aliphatic heterocycles. The predicted molar refractivity (Wildman–Crippen MR) is 84.5 cm³/mol. The Bertz CT molecular complexity index is 476. The number of rotatable bonds is 5. The Morgan fingerprint density at radius 2 is 2.14 bits per heavy atom. The maximum Gasteiger partial charge on any atom is 0.257 e. The van der Waals surface area contributed by atoms with Crippen LogP contribution >= 0.6 is 0 Å². The van der Waals surface area contributed by atoms with E-state index in [9.17, 15) is 4.79 Å². The number of ether oxygens (including phenoxy) is 1. The number of amides is 1. The van der Waals surface area contributed by atoms with Crippen molar-refractivity contribution in [3.8, 4) is 5.75 Å². The summed E-state index contributed by atoms with van der Waals surface area (Å²) in [4.78, 5) is 14.8. The van der Waals surface area contributed by atoms with Crippen LogP contribution in [0.15, 0.2) is 24.3 Å². The third kappa shape index (κ3) is 3.56. The molecule has 2 unspecified atom stereocenters. The van der Waals surface area contributed by atoms with Gasteiger partial charge in [0.05, 0.1) is 12.2 Å². The van der Waals surface area contributed by atoms with Crippen molar-refractivity contribution in [2.24, 2.45) is 11.7 Å². The smallest absolute Gasteiger partial charge is 0.257 e. The lowest BCUT2D eigenvalue weighted by atomic mass is 9.88. The highest BCUT2D eigenvalue weighted by atomic mass is 16.5. The third-order valence-corrected chi connectivity index (χ3v) is 4.35. The summed E-state index contributed by atoms with van der Waals surface area (Å²) >= 11 is 0. The van der Waals surface area contributed by atoms with Gasteiger partial charge in [0.1, 0.15) is 5.75 Å². The van der Waals surface area contributed by atoms with Gasteiger partial charge in [0, 0.05) is 19.1 Å². The topological polar surface area (TPSA) is 55.6 Å². The summed E-state index contributed by atoms with van der Waals surface area (Å²) in [6.45, 7) is 6.01. The first kappa shape index (κ1) is 15.8. The number of benzene rings is 1. The molecule has 116 valence electrons. The highest BCUT2D eigenvalue weighted by Gasteiger charge is 2.31. The van der Waals surface area contributed by atoms with E-state index in [1.54, 1.807) is 0 Å². The van der Waals surface area contributed by atoms with E-state index >= 15 is 0 Å². The Labute approximate surface area is 127 Å². The summed E-state index contributed by atoms with van der Waals surface area (Å²) in [5, 5.41) is 0. The van der Waals surface area contributed by atoms with Crippen LogP contribution in [-0.2, 0) is 0 Å². The van der Waals surface area contributed by atoms with Gasteiger partial charge in [-0.1, -0.05) is 25.5 Å². The Morgan fingerprint density at radius 1 is 1.38 bits per heavy atom. The van der Waals surface area contributed by atoms with Gasteiger partial charge < -0.3 is 15.4 Å². The average Bonchev–Trinajstić information content (AvgIpc) is 2.54. The third-order valence-electron chi connectivity index (χ3n) is 4.35. The standard InChI is InChI=1S/C17H26N2O2/c1-3-13-9-10-19(14(11-13)12-18)17(20)15-7-5-6-8-16(15)21-4-2/h5-8,13-14H,3-4,9-12,18H2,1-2H3. The van der Waals surface area contributed by atoms with Crippen molar-refractivity contribution in [3.63, 3.8) is 0 Å². The molecular weight excluding hydrogens is 264 g/mol. The highest BCUT2D eigenvalue weighted by Crippen LogP contribution is 2.28. The van der Waals surface area contributed by atoms with E-state index in [1.807, 2.05) is 36.1 Å². The number of carbonyl (C=O) groups is 1. The molecule has 0 radical (unpaired) electrons. The summed E-state index contributed by atoms with van der Waals surface area (Å²) in [7, 11) is 0. The molecule has 0 saturated carbocycles. The molecule has 2 atom stereocenters. The summed E-state index contributed by atoms with van der Waals surface area (Å²) < 4.78 is 5.58. The Kier molecular flexibility index (Phi) is 5.62. The zero-order valence-corrected chi connectivity index (χ0v) is 13.0. The van der Waals surface area contributed by atoms with Crippen molar-refractivity contribution in [1.29, 1.82) is 0 Å². The Hall–Kier alpha value is -1.55.